The number of nitrogens with one attached hydrogen (secondary N) is 1. The van der Waals surface area contributed by atoms with Gasteiger partial charge in [0.15, 0.2) is 11.5 Å². The highest BCUT2D eigenvalue weighted by Crippen LogP contribution is 2.31. The molecule has 2 aromatic rings. The van der Waals surface area contributed by atoms with Gasteiger partial charge in [-0.1, -0.05) is 6.07 Å². The Labute approximate surface area is 140 Å². The molecule has 0 aromatic heterocycles. The first-order valence-electron chi connectivity index (χ1n) is 7.46. The summed E-state index contributed by atoms with van der Waals surface area (Å²) in [5, 5.41) is 21.1. The third-order valence-electron chi connectivity index (χ3n) is 3.51. The van der Waals surface area contributed by atoms with Crippen molar-refractivity contribution in [1.29, 1.82) is 5.26 Å². The van der Waals surface area contributed by atoms with E-state index in [1.165, 1.54) is 19.2 Å². The molecule has 24 heavy (non-hydrogen) atoms. The van der Waals surface area contributed by atoms with Crippen molar-refractivity contribution < 1.29 is 19.0 Å². The van der Waals surface area contributed by atoms with Crippen molar-refractivity contribution in [3.8, 4) is 17.6 Å². The molecule has 0 aliphatic rings. The Bertz CT molecular complexity index is 744. The van der Waals surface area contributed by atoms with Crippen LogP contribution in [-0.2, 0) is 0 Å². The number of aliphatic hydroxyl groups excluding tert-OH is 1. The highest BCUT2D eigenvalue weighted by Gasteiger charge is 2.13. The molecule has 1 unspecified atom stereocenters. The third-order valence-corrected chi connectivity index (χ3v) is 3.51. The molecule has 0 radical (unpaired) electrons. The fourth-order valence-corrected chi connectivity index (χ4v) is 2.28. The predicted molar refractivity (Wildman–Crippen MR) is 88.7 cm³/mol. The van der Waals surface area contributed by atoms with E-state index in [4.69, 9.17) is 19.8 Å². The summed E-state index contributed by atoms with van der Waals surface area (Å²) in [6, 6.07) is 11.3. The molecule has 2 N–H and O–H groups in total. The number of nitriles is 1. The second-order valence-electron chi connectivity index (χ2n) is 5.15. The average Bonchev–Trinajstić information content (AvgIpc) is 2.61. The van der Waals surface area contributed by atoms with Crippen molar-refractivity contribution in [3.05, 3.63) is 53.3 Å². The van der Waals surface area contributed by atoms with Crippen molar-refractivity contribution in [2.24, 2.45) is 0 Å². The number of methoxy groups -OCH3 is 1. The van der Waals surface area contributed by atoms with Gasteiger partial charge in [0.1, 0.15) is 18.5 Å². The molecule has 0 aliphatic heterocycles. The van der Waals surface area contributed by atoms with Gasteiger partial charge < -0.3 is 19.9 Å². The molecule has 5 nitrogen and oxygen atoms in total. The largest absolute Gasteiger partial charge is 0.493 e. The summed E-state index contributed by atoms with van der Waals surface area (Å²) in [6.45, 7) is 2.03. The van der Waals surface area contributed by atoms with Gasteiger partial charge in [0, 0.05) is 6.04 Å². The lowest BCUT2D eigenvalue weighted by atomic mass is 10.1. The SMILES string of the molecule is COc1cc(C(C)Nc2ccc(F)cc2C#N)ccc1OCCO. The molecule has 0 heterocycles. The van der Waals surface area contributed by atoms with Gasteiger partial charge in [-0.3, -0.25) is 0 Å². The first-order valence-corrected chi connectivity index (χ1v) is 7.46. The zero-order valence-corrected chi connectivity index (χ0v) is 13.5. The fraction of sp³-hybridized carbons (Fsp3) is 0.278. The van der Waals surface area contributed by atoms with Crippen LogP contribution in [0.1, 0.15) is 24.1 Å². The molecule has 126 valence electrons. The Balaban J connectivity index is 2.21. The number of benzene rings is 2. The number of rotatable bonds is 7. The van der Waals surface area contributed by atoms with Gasteiger partial charge in [-0.25, -0.2) is 4.39 Å². The van der Waals surface area contributed by atoms with Gasteiger partial charge >= 0.3 is 0 Å². The zero-order chi connectivity index (χ0) is 17.5. The first-order chi connectivity index (χ1) is 11.6. The minimum atomic E-state index is -0.447. The number of anilines is 1. The number of halogens is 1. The van der Waals surface area contributed by atoms with Crippen LogP contribution in [0, 0.1) is 17.1 Å². The number of aliphatic hydroxyl groups is 1. The highest BCUT2D eigenvalue weighted by atomic mass is 19.1. The van der Waals surface area contributed by atoms with Crippen molar-refractivity contribution in [2.45, 2.75) is 13.0 Å². The van der Waals surface area contributed by atoms with Crippen LogP contribution in [-0.4, -0.2) is 25.4 Å². The molecule has 0 saturated heterocycles. The maximum atomic E-state index is 13.2. The minimum Gasteiger partial charge on any atom is -0.493 e. The van der Waals surface area contributed by atoms with Crippen LogP contribution in [0.25, 0.3) is 0 Å². The number of ether oxygens (including phenoxy) is 2. The van der Waals surface area contributed by atoms with E-state index in [-0.39, 0.29) is 24.8 Å². The fourth-order valence-electron chi connectivity index (χ4n) is 2.28. The number of hydrogen-bond donors (Lipinski definition) is 2. The van der Waals surface area contributed by atoms with E-state index in [9.17, 15) is 4.39 Å². The summed E-state index contributed by atoms with van der Waals surface area (Å²) >= 11 is 0. The Morgan fingerprint density at radius 1 is 1.25 bits per heavy atom. The van der Waals surface area contributed by atoms with E-state index in [2.05, 4.69) is 5.32 Å². The van der Waals surface area contributed by atoms with Gasteiger partial charge in [-0.05, 0) is 42.8 Å². The van der Waals surface area contributed by atoms with Gasteiger partial charge in [-0.15, -0.1) is 0 Å². The average molecular weight is 330 g/mol. The Morgan fingerprint density at radius 2 is 2.04 bits per heavy atom. The van der Waals surface area contributed by atoms with E-state index in [1.54, 1.807) is 12.1 Å². The van der Waals surface area contributed by atoms with E-state index in [1.807, 2.05) is 25.1 Å². The lowest BCUT2D eigenvalue weighted by molar-refractivity contribution is 0.196. The molecule has 6 heteroatoms. The normalized spacial score (nSPS) is 11.5. The van der Waals surface area contributed by atoms with Gasteiger partial charge in [-0.2, -0.15) is 5.26 Å². The first kappa shape index (κ1) is 17.6. The summed E-state index contributed by atoms with van der Waals surface area (Å²) < 4.78 is 23.9. The Kier molecular flexibility index (Phi) is 5.99. The van der Waals surface area contributed by atoms with E-state index in [0.717, 1.165) is 5.56 Å². The molecule has 0 aliphatic carbocycles. The summed E-state index contributed by atoms with van der Waals surface area (Å²) in [6.07, 6.45) is 0. The van der Waals surface area contributed by atoms with Crippen LogP contribution in [0.2, 0.25) is 0 Å². The molecular formula is C18H19FN2O3. The number of nitrogens with zero attached hydrogens (tertiary/aromatic N) is 1. The highest BCUT2D eigenvalue weighted by molar-refractivity contribution is 5.58. The zero-order valence-electron chi connectivity index (χ0n) is 13.5. The smallest absolute Gasteiger partial charge is 0.161 e. The van der Waals surface area contributed by atoms with Crippen LogP contribution in [0.4, 0.5) is 10.1 Å². The summed E-state index contributed by atoms with van der Waals surface area (Å²) in [5.74, 6) is 0.646. The van der Waals surface area contributed by atoms with Crippen molar-refractivity contribution >= 4 is 5.69 Å². The minimum absolute atomic E-state index is 0.0790. The van der Waals surface area contributed by atoms with Crippen molar-refractivity contribution in [1.82, 2.24) is 0 Å². The monoisotopic (exact) mass is 330 g/mol. The van der Waals surface area contributed by atoms with E-state index in [0.29, 0.717) is 17.2 Å². The van der Waals surface area contributed by atoms with Crippen LogP contribution in [0.5, 0.6) is 11.5 Å². The molecule has 0 fully saturated rings. The topological polar surface area (TPSA) is 74.5 Å². The van der Waals surface area contributed by atoms with Crippen molar-refractivity contribution in [3.63, 3.8) is 0 Å². The molecule has 2 aromatic carbocycles. The molecule has 0 saturated carbocycles. The molecule has 0 amide bonds. The maximum Gasteiger partial charge on any atom is 0.161 e. The molecule has 1 atom stereocenters. The third kappa shape index (κ3) is 4.15. The maximum absolute atomic E-state index is 13.2. The van der Waals surface area contributed by atoms with Gasteiger partial charge in [0.25, 0.3) is 0 Å². The molecule has 0 bridgehead atoms. The number of hydrogen-bond acceptors (Lipinski definition) is 5. The van der Waals surface area contributed by atoms with Crippen LogP contribution in [0.15, 0.2) is 36.4 Å². The molecular weight excluding hydrogens is 311 g/mol. The second-order valence-corrected chi connectivity index (χ2v) is 5.15. The predicted octanol–water partition coefficient (Wildman–Crippen LogP) is 3.25. The van der Waals surface area contributed by atoms with Gasteiger partial charge in [0.05, 0.1) is 25.0 Å². The van der Waals surface area contributed by atoms with Crippen LogP contribution >= 0.6 is 0 Å². The second kappa shape index (κ2) is 8.18. The van der Waals surface area contributed by atoms with Crippen LogP contribution in [0.3, 0.4) is 0 Å². The molecule has 2 rings (SSSR count). The van der Waals surface area contributed by atoms with Crippen LogP contribution < -0.4 is 14.8 Å². The lowest BCUT2D eigenvalue weighted by Gasteiger charge is -2.18. The van der Waals surface area contributed by atoms with Crippen molar-refractivity contribution in [2.75, 3.05) is 25.6 Å². The summed E-state index contributed by atoms with van der Waals surface area (Å²) in [4.78, 5) is 0. The molecule has 0 spiro atoms. The quantitative estimate of drug-likeness (QED) is 0.815. The van der Waals surface area contributed by atoms with E-state index < -0.39 is 5.82 Å². The summed E-state index contributed by atoms with van der Waals surface area (Å²) in [5.41, 5.74) is 1.72. The lowest BCUT2D eigenvalue weighted by Crippen LogP contribution is -2.09. The standard InChI is InChI=1S/C18H19FN2O3/c1-12(21-16-5-4-15(19)9-14(16)11-20)13-3-6-17(24-8-7-22)18(10-13)23-2/h3-6,9-10,12,21-22H,7-8H2,1-2H3. The Morgan fingerprint density at radius 3 is 2.71 bits per heavy atom. The summed E-state index contributed by atoms with van der Waals surface area (Å²) in [7, 11) is 1.54. The van der Waals surface area contributed by atoms with Gasteiger partial charge in [0.2, 0.25) is 0 Å². The van der Waals surface area contributed by atoms with E-state index >= 15 is 0 Å². The Hall–Kier alpha value is -2.78.